The average molecular weight is 283 g/mol. The van der Waals surface area contributed by atoms with Gasteiger partial charge in [-0.2, -0.15) is 0 Å². The minimum atomic E-state index is -0.628. The predicted molar refractivity (Wildman–Crippen MR) is 77.8 cm³/mol. The van der Waals surface area contributed by atoms with E-state index in [4.69, 9.17) is 4.74 Å². The van der Waals surface area contributed by atoms with E-state index in [0.29, 0.717) is 5.69 Å². The third-order valence-corrected chi connectivity index (χ3v) is 5.08. The van der Waals surface area contributed by atoms with Crippen molar-refractivity contribution in [3.05, 3.63) is 41.5 Å². The number of rotatable bonds is 1. The predicted octanol–water partition coefficient (Wildman–Crippen LogP) is 2.14. The van der Waals surface area contributed by atoms with Crippen LogP contribution in [-0.4, -0.2) is 23.5 Å². The van der Waals surface area contributed by atoms with Crippen molar-refractivity contribution in [2.75, 3.05) is 4.90 Å². The van der Waals surface area contributed by atoms with Gasteiger partial charge < -0.3 is 4.74 Å². The average Bonchev–Trinajstić information content (AvgIpc) is 3.03. The number of benzene rings is 1. The van der Waals surface area contributed by atoms with Crippen LogP contribution in [0, 0.1) is 25.7 Å². The van der Waals surface area contributed by atoms with Crippen LogP contribution in [0.4, 0.5) is 5.69 Å². The molecule has 4 rings (SSSR count). The summed E-state index contributed by atoms with van der Waals surface area (Å²) in [6.07, 6.45) is 3.58. The van der Waals surface area contributed by atoms with E-state index in [0.717, 1.165) is 11.1 Å². The smallest absolute Gasteiger partial charge is 0.241 e. The highest BCUT2D eigenvalue weighted by Crippen LogP contribution is 2.52. The normalized spacial score (nSPS) is 36.7. The summed E-state index contributed by atoms with van der Waals surface area (Å²) in [4.78, 5) is 26.8. The highest BCUT2D eigenvalue weighted by Gasteiger charge is 2.65. The Labute approximate surface area is 123 Å². The van der Waals surface area contributed by atoms with Gasteiger partial charge in [0.2, 0.25) is 11.8 Å². The molecule has 2 fully saturated rings. The Bertz CT molecular complexity index is 708. The lowest BCUT2D eigenvalue weighted by atomic mass is 9.78. The molecule has 0 saturated carbocycles. The third-order valence-electron chi connectivity index (χ3n) is 5.08. The molecule has 4 heteroatoms. The lowest BCUT2D eigenvalue weighted by molar-refractivity contribution is -0.126. The molecule has 0 spiro atoms. The van der Waals surface area contributed by atoms with Gasteiger partial charge in [0, 0.05) is 0 Å². The van der Waals surface area contributed by atoms with Crippen LogP contribution in [-0.2, 0) is 14.3 Å². The summed E-state index contributed by atoms with van der Waals surface area (Å²) in [5, 5.41) is 0. The van der Waals surface area contributed by atoms with E-state index < -0.39 is 5.60 Å². The fourth-order valence-electron chi connectivity index (χ4n) is 3.77. The van der Waals surface area contributed by atoms with Crippen molar-refractivity contribution in [1.82, 2.24) is 0 Å². The van der Waals surface area contributed by atoms with Crippen LogP contribution in [0.1, 0.15) is 18.1 Å². The van der Waals surface area contributed by atoms with Gasteiger partial charge in [0.1, 0.15) is 0 Å². The van der Waals surface area contributed by atoms with Gasteiger partial charge in [-0.15, -0.1) is 0 Å². The van der Waals surface area contributed by atoms with Crippen LogP contribution in [0.15, 0.2) is 30.4 Å². The molecule has 4 nitrogen and oxygen atoms in total. The van der Waals surface area contributed by atoms with Crippen molar-refractivity contribution in [2.24, 2.45) is 11.8 Å². The van der Waals surface area contributed by atoms with Crippen LogP contribution in [0.25, 0.3) is 0 Å². The first-order valence-corrected chi connectivity index (χ1v) is 7.24. The topological polar surface area (TPSA) is 46.6 Å². The Hall–Kier alpha value is -1.94. The monoisotopic (exact) mass is 283 g/mol. The van der Waals surface area contributed by atoms with Crippen LogP contribution in [0.5, 0.6) is 0 Å². The fourth-order valence-corrected chi connectivity index (χ4v) is 3.77. The molecule has 0 aliphatic carbocycles. The van der Waals surface area contributed by atoms with Crippen LogP contribution < -0.4 is 4.90 Å². The lowest BCUT2D eigenvalue weighted by Gasteiger charge is -2.24. The van der Waals surface area contributed by atoms with E-state index in [1.807, 2.05) is 51.1 Å². The van der Waals surface area contributed by atoms with Crippen molar-refractivity contribution in [1.29, 1.82) is 0 Å². The number of anilines is 1. The third kappa shape index (κ3) is 1.48. The molecule has 108 valence electrons. The highest BCUT2D eigenvalue weighted by atomic mass is 16.5. The van der Waals surface area contributed by atoms with E-state index in [-0.39, 0.29) is 29.8 Å². The molecular formula is C17H17NO3. The number of nitrogens with zero attached hydrogens (tertiary/aromatic N) is 1. The number of carbonyl (C=O) groups is 2. The molecule has 3 aliphatic heterocycles. The molecule has 0 N–H and O–H groups in total. The molecular weight excluding hydrogens is 266 g/mol. The highest BCUT2D eigenvalue weighted by molar-refractivity contribution is 6.23. The molecule has 2 amide bonds. The number of imide groups is 1. The number of amides is 2. The van der Waals surface area contributed by atoms with Gasteiger partial charge in [-0.3, -0.25) is 9.59 Å². The number of ether oxygens (including phenoxy) is 1. The summed E-state index contributed by atoms with van der Waals surface area (Å²) in [6, 6.07) is 5.70. The van der Waals surface area contributed by atoms with E-state index in [2.05, 4.69) is 0 Å². The van der Waals surface area contributed by atoms with Crippen LogP contribution >= 0.6 is 0 Å². The van der Waals surface area contributed by atoms with Crippen molar-refractivity contribution < 1.29 is 14.3 Å². The summed E-state index contributed by atoms with van der Waals surface area (Å²) in [7, 11) is 0. The Morgan fingerprint density at radius 3 is 2.57 bits per heavy atom. The zero-order chi connectivity index (χ0) is 14.9. The SMILES string of the molecule is Cc1ccc(N2C(=O)[C@@H]3[C@@H]4C=C[C@@](C)(O4)[C@@H]3C2=O)cc1C. The summed E-state index contributed by atoms with van der Waals surface area (Å²) in [5.41, 5.74) is 2.27. The van der Waals surface area contributed by atoms with Gasteiger partial charge in [-0.1, -0.05) is 18.2 Å². The maximum atomic E-state index is 12.8. The number of hydrogen-bond acceptors (Lipinski definition) is 3. The second-order valence-electron chi connectivity index (χ2n) is 6.41. The maximum Gasteiger partial charge on any atom is 0.241 e. The molecule has 2 saturated heterocycles. The van der Waals surface area contributed by atoms with Gasteiger partial charge in [-0.25, -0.2) is 4.90 Å². The van der Waals surface area contributed by atoms with Crippen LogP contribution in [0.3, 0.4) is 0 Å². The molecule has 3 heterocycles. The number of fused-ring (bicyclic) bond motifs is 5. The quantitative estimate of drug-likeness (QED) is 0.586. The first kappa shape index (κ1) is 12.8. The molecule has 1 aromatic rings. The molecule has 0 unspecified atom stereocenters. The van der Waals surface area contributed by atoms with Gasteiger partial charge in [0.05, 0.1) is 29.2 Å². The van der Waals surface area contributed by atoms with E-state index >= 15 is 0 Å². The second-order valence-corrected chi connectivity index (χ2v) is 6.41. The van der Waals surface area contributed by atoms with E-state index in [1.54, 1.807) is 0 Å². The molecule has 1 aromatic carbocycles. The zero-order valence-corrected chi connectivity index (χ0v) is 12.3. The molecule has 21 heavy (non-hydrogen) atoms. The summed E-state index contributed by atoms with van der Waals surface area (Å²) in [6.45, 7) is 5.89. The van der Waals surface area contributed by atoms with Gasteiger partial charge >= 0.3 is 0 Å². The second kappa shape index (κ2) is 3.83. The minimum Gasteiger partial charge on any atom is -0.362 e. The fraction of sp³-hybridized carbons (Fsp3) is 0.412. The summed E-state index contributed by atoms with van der Waals surface area (Å²) < 4.78 is 5.82. The largest absolute Gasteiger partial charge is 0.362 e. The van der Waals surface area contributed by atoms with Gasteiger partial charge in [-0.05, 0) is 44.0 Å². The first-order valence-electron chi connectivity index (χ1n) is 7.24. The van der Waals surface area contributed by atoms with Crippen molar-refractivity contribution >= 4 is 17.5 Å². The number of hydrogen-bond donors (Lipinski definition) is 0. The summed E-state index contributed by atoms with van der Waals surface area (Å²) in [5.74, 6) is -1.02. The Kier molecular flexibility index (Phi) is 2.33. The summed E-state index contributed by atoms with van der Waals surface area (Å²) >= 11 is 0. The standard InChI is InChI=1S/C17H17NO3/c1-9-4-5-11(8-10(9)2)18-15(19)13-12-6-7-17(3,21-12)14(13)16(18)20/h4-8,12-14H,1-3H3/t12-,13+,14-,17+/m0/s1. The molecule has 4 atom stereocenters. The van der Waals surface area contributed by atoms with E-state index in [1.165, 1.54) is 4.90 Å². The first-order chi connectivity index (χ1) is 9.92. The zero-order valence-electron chi connectivity index (χ0n) is 12.3. The molecule has 0 aromatic heterocycles. The molecule has 3 aliphatic rings. The Morgan fingerprint density at radius 1 is 1.14 bits per heavy atom. The molecule has 0 radical (unpaired) electrons. The number of aryl methyl sites for hydroxylation is 2. The van der Waals surface area contributed by atoms with Crippen LogP contribution in [0.2, 0.25) is 0 Å². The Morgan fingerprint density at radius 2 is 1.90 bits per heavy atom. The van der Waals surface area contributed by atoms with Crippen molar-refractivity contribution in [2.45, 2.75) is 32.5 Å². The van der Waals surface area contributed by atoms with Gasteiger partial charge in [0.15, 0.2) is 0 Å². The maximum absolute atomic E-state index is 12.8. The number of carbonyl (C=O) groups excluding carboxylic acids is 2. The Balaban J connectivity index is 1.78. The van der Waals surface area contributed by atoms with Crippen molar-refractivity contribution in [3.63, 3.8) is 0 Å². The molecule has 2 bridgehead atoms. The van der Waals surface area contributed by atoms with Gasteiger partial charge in [0.25, 0.3) is 0 Å². The van der Waals surface area contributed by atoms with E-state index in [9.17, 15) is 9.59 Å². The minimum absolute atomic E-state index is 0.133. The lowest BCUT2D eigenvalue weighted by Crippen LogP contribution is -2.38. The van der Waals surface area contributed by atoms with Crippen molar-refractivity contribution in [3.8, 4) is 0 Å².